The van der Waals surface area contributed by atoms with E-state index in [1.54, 1.807) is 31.2 Å². The van der Waals surface area contributed by atoms with Gasteiger partial charge < -0.3 is 11.1 Å². The first-order chi connectivity index (χ1) is 8.85. The van der Waals surface area contributed by atoms with E-state index in [0.717, 1.165) is 0 Å². The minimum absolute atomic E-state index is 0.0652. The minimum Gasteiger partial charge on any atom is -0.389 e. The molecule has 0 heterocycles. The monoisotopic (exact) mass is 300 g/mol. The molecule has 0 unspecified atom stereocenters. The van der Waals surface area contributed by atoms with Crippen LogP contribution in [0.25, 0.3) is 0 Å². The van der Waals surface area contributed by atoms with E-state index in [0.29, 0.717) is 11.1 Å². The van der Waals surface area contributed by atoms with E-state index in [-0.39, 0.29) is 28.9 Å². The van der Waals surface area contributed by atoms with Gasteiger partial charge in [0, 0.05) is 23.4 Å². The predicted molar refractivity (Wildman–Crippen MR) is 79.0 cm³/mol. The van der Waals surface area contributed by atoms with Gasteiger partial charge in [-0.25, -0.2) is 8.42 Å². The largest absolute Gasteiger partial charge is 0.389 e. The fourth-order valence-corrected chi connectivity index (χ4v) is 2.21. The maximum absolute atomic E-state index is 11.8. The van der Waals surface area contributed by atoms with Gasteiger partial charge in [0.15, 0.2) is 9.84 Å². The zero-order chi connectivity index (χ0) is 14.5. The maximum Gasteiger partial charge on any atom is 0.251 e. The lowest BCUT2D eigenvalue weighted by Crippen LogP contribution is -2.29. The molecule has 5 nitrogen and oxygen atoms in total. The number of carbonyl (C=O) groups excluding carboxylic acids is 1. The summed E-state index contributed by atoms with van der Waals surface area (Å²) in [6.45, 7) is 1.66. The van der Waals surface area contributed by atoms with Crippen LogP contribution in [0.3, 0.4) is 0 Å². The normalized spacial score (nSPS) is 11.0. The third-order valence-corrected chi connectivity index (χ3v) is 4.49. The molecule has 0 aliphatic heterocycles. The molecule has 0 radical (unpaired) electrons. The zero-order valence-electron chi connectivity index (χ0n) is 10.5. The summed E-state index contributed by atoms with van der Waals surface area (Å²) >= 11 is 4.83. The predicted octanol–water partition coefficient (Wildman–Crippen LogP) is 0.485. The fourth-order valence-electron chi connectivity index (χ4n) is 1.38. The Kier molecular flexibility index (Phi) is 5.44. The third kappa shape index (κ3) is 4.96. The molecule has 1 aromatic rings. The molecular weight excluding hydrogens is 284 g/mol. The van der Waals surface area contributed by atoms with Crippen LogP contribution in [0.5, 0.6) is 0 Å². The van der Waals surface area contributed by atoms with E-state index in [1.807, 2.05) is 0 Å². The Morgan fingerprint density at radius 2 is 2.00 bits per heavy atom. The van der Waals surface area contributed by atoms with Crippen molar-refractivity contribution in [3.8, 4) is 0 Å². The number of thiocarbonyl (C=S) groups is 1. The summed E-state index contributed by atoms with van der Waals surface area (Å²) in [5.74, 6) is -0.339. The number of nitrogens with one attached hydrogen (secondary N) is 1. The lowest BCUT2D eigenvalue weighted by atomic mass is 10.1. The number of sulfone groups is 1. The average Bonchev–Trinajstić information content (AvgIpc) is 2.38. The van der Waals surface area contributed by atoms with E-state index in [9.17, 15) is 13.2 Å². The first kappa shape index (κ1) is 15.6. The molecule has 3 N–H and O–H groups in total. The molecule has 0 fully saturated rings. The topological polar surface area (TPSA) is 89.3 Å². The standard InChI is InChI=1S/C12H16N2O3S2/c1-2-19(16,17)7-6-14-12(15)10-5-3-4-9(8-10)11(13)18/h3-5,8H,2,6-7H2,1H3,(H2,13,18)(H,14,15). The molecule has 0 aliphatic rings. The van der Waals surface area contributed by atoms with Gasteiger partial charge in [0.05, 0.1) is 5.75 Å². The first-order valence-electron chi connectivity index (χ1n) is 5.74. The van der Waals surface area contributed by atoms with Crippen molar-refractivity contribution in [2.45, 2.75) is 6.92 Å². The zero-order valence-corrected chi connectivity index (χ0v) is 12.2. The van der Waals surface area contributed by atoms with Crippen molar-refractivity contribution in [3.05, 3.63) is 35.4 Å². The van der Waals surface area contributed by atoms with Crippen molar-refractivity contribution >= 4 is 33.0 Å². The second-order valence-electron chi connectivity index (χ2n) is 3.94. The van der Waals surface area contributed by atoms with Gasteiger partial charge in [-0.3, -0.25) is 4.79 Å². The molecule has 0 bridgehead atoms. The summed E-state index contributed by atoms with van der Waals surface area (Å²) < 4.78 is 22.6. The van der Waals surface area contributed by atoms with Crippen molar-refractivity contribution < 1.29 is 13.2 Å². The first-order valence-corrected chi connectivity index (χ1v) is 7.97. The summed E-state index contributed by atoms with van der Waals surface area (Å²) in [6.07, 6.45) is 0. The molecule has 0 aromatic heterocycles. The highest BCUT2D eigenvalue weighted by Gasteiger charge is 2.10. The van der Waals surface area contributed by atoms with Crippen molar-refractivity contribution in [2.75, 3.05) is 18.1 Å². The number of nitrogens with two attached hydrogens (primary N) is 1. The number of hydrogen-bond acceptors (Lipinski definition) is 4. The Morgan fingerprint density at radius 1 is 1.37 bits per heavy atom. The molecule has 1 amide bonds. The minimum atomic E-state index is -3.07. The van der Waals surface area contributed by atoms with E-state index in [4.69, 9.17) is 18.0 Å². The van der Waals surface area contributed by atoms with Crippen LogP contribution in [-0.2, 0) is 9.84 Å². The highest BCUT2D eigenvalue weighted by atomic mass is 32.2. The molecule has 1 aromatic carbocycles. The lowest BCUT2D eigenvalue weighted by molar-refractivity contribution is 0.0956. The molecule has 1 rings (SSSR count). The lowest BCUT2D eigenvalue weighted by Gasteiger charge is -2.06. The van der Waals surface area contributed by atoms with Gasteiger partial charge in [-0.1, -0.05) is 31.3 Å². The average molecular weight is 300 g/mol. The van der Waals surface area contributed by atoms with Crippen LogP contribution < -0.4 is 11.1 Å². The summed E-state index contributed by atoms with van der Waals surface area (Å²) in [5.41, 5.74) is 6.48. The third-order valence-electron chi connectivity index (χ3n) is 2.55. The summed E-state index contributed by atoms with van der Waals surface area (Å²) in [6, 6.07) is 6.57. The van der Waals surface area contributed by atoms with E-state index < -0.39 is 9.84 Å². The summed E-state index contributed by atoms with van der Waals surface area (Å²) in [5, 5.41) is 2.55. The van der Waals surface area contributed by atoms with Gasteiger partial charge in [0.1, 0.15) is 4.99 Å². The summed E-state index contributed by atoms with van der Waals surface area (Å²) in [4.78, 5) is 12.0. The van der Waals surface area contributed by atoms with Crippen LogP contribution in [0.1, 0.15) is 22.8 Å². The molecule has 104 valence electrons. The van der Waals surface area contributed by atoms with Crippen LogP contribution >= 0.6 is 12.2 Å². The fraction of sp³-hybridized carbons (Fsp3) is 0.333. The molecular formula is C12H16N2O3S2. The van der Waals surface area contributed by atoms with E-state index >= 15 is 0 Å². The highest BCUT2D eigenvalue weighted by molar-refractivity contribution is 7.91. The van der Waals surface area contributed by atoms with Crippen LogP contribution in [-0.4, -0.2) is 37.4 Å². The van der Waals surface area contributed by atoms with Gasteiger partial charge in [0.25, 0.3) is 5.91 Å². The number of hydrogen-bond donors (Lipinski definition) is 2. The van der Waals surface area contributed by atoms with Crippen molar-refractivity contribution in [1.82, 2.24) is 5.32 Å². The van der Waals surface area contributed by atoms with Crippen LogP contribution in [0.15, 0.2) is 24.3 Å². The molecule has 19 heavy (non-hydrogen) atoms. The molecule has 0 saturated heterocycles. The Hall–Kier alpha value is -1.47. The molecule has 0 atom stereocenters. The maximum atomic E-state index is 11.8. The van der Waals surface area contributed by atoms with Gasteiger partial charge >= 0.3 is 0 Å². The van der Waals surface area contributed by atoms with Crippen molar-refractivity contribution in [1.29, 1.82) is 0 Å². The summed E-state index contributed by atoms with van der Waals surface area (Å²) in [7, 11) is -3.07. The molecule has 0 aliphatic carbocycles. The number of carbonyl (C=O) groups is 1. The van der Waals surface area contributed by atoms with Crippen LogP contribution in [0.2, 0.25) is 0 Å². The van der Waals surface area contributed by atoms with Gasteiger partial charge in [-0.05, 0) is 12.1 Å². The van der Waals surface area contributed by atoms with E-state index in [2.05, 4.69) is 5.32 Å². The van der Waals surface area contributed by atoms with Crippen LogP contribution in [0, 0.1) is 0 Å². The smallest absolute Gasteiger partial charge is 0.251 e. The number of amides is 1. The van der Waals surface area contributed by atoms with Crippen LogP contribution in [0.4, 0.5) is 0 Å². The highest BCUT2D eigenvalue weighted by Crippen LogP contribution is 2.05. The number of benzene rings is 1. The quantitative estimate of drug-likeness (QED) is 0.746. The van der Waals surface area contributed by atoms with Gasteiger partial charge in [0.2, 0.25) is 0 Å². The Balaban J connectivity index is 2.64. The Morgan fingerprint density at radius 3 is 2.58 bits per heavy atom. The number of rotatable bonds is 6. The second kappa shape index (κ2) is 6.63. The van der Waals surface area contributed by atoms with Crippen molar-refractivity contribution in [2.24, 2.45) is 5.73 Å². The molecule has 7 heteroatoms. The second-order valence-corrected chi connectivity index (χ2v) is 6.85. The van der Waals surface area contributed by atoms with Crippen molar-refractivity contribution in [3.63, 3.8) is 0 Å². The van der Waals surface area contributed by atoms with Gasteiger partial charge in [-0.15, -0.1) is 0 Å². The van der Waals surface area contributed by atoms with Gasteiger partial charge in [-0.2, -0.15) is 0 Å². The molecule has 0 saturated carbocycles. The van der Waals surface area contributed by atoms with E-state index in [1.165, 1.54) is 0 Å². The Bertz CT molecular complexity index is 582. The molecule has 0 spiro atoms. The SMILES string of the molecule is CCS(=O)(=O)CCNC(=O)c1cccc(C(N)=S)c1. The Labute approximate surface area is 118 Å².